The van der Waals surface area contributed by atoms with E-state index in [0.29, 0.717) is 22.2 Å². The number of hydrogen-bond acceptors (Lipinski definition) is 3. The topological polar surface area (TPSA) is 59.3 Å². The number of aryl methyl sites for hydroxylation is 1. The van der Waals surface area contributed by atoms with Gasteiger partial charge in [-0.1, -0.05) is 29.8 Å². The molecule has 0 unspecified atom stereocenters. The van der Waals surface area contributed by atoms with Gasteiger partial charge in [0.1, 0.15) is 11.4 Å². The summed E-state index contributed by atoms with van der Waals surface area (Å²) >= 11 is 0. The molecule has 0 saturated carbocycles. The fraction of sp³-hybridized carbons (Fsp3) is 0.0435. The zero-order valence-corrected chi connectivity index (χ0v) is 15.0. The molecular weight excluding hydrogens is 357 g/mol. The maximum absolute atomic E-state index is 13.2. The third-order valence-electron chi connectivity index (χ3n) is 4.43. The van der Waals surface area contributed by atoms with Crippen LogP contribution in [0, 0.1) is 12.7 Å². The first-order valence-electron chi connectivity index (χ1n) is 8.73. The lowest BCUT2D eigenvalue weighted by Gasteiger charge is -2.07. The van der Waals surface area contributed by atoms with Crippen molar-refractivity contribution in [2.24, 2.45) is 0 Å². The molecule has 4 rings (SSSR count). The summed E-state index contributed by atoms with van der Waals surface area (Å²) < 4.78 is 18.9. The molecule has 0 fully saturated rings. The van der Waals surface area contributed by atoms with Gasteiger partial charge in [0.15, 0.2) is 5.76 Å². The predicted octanol–water partition coefficient (Wildman–Crippen LogP) is 5.36. The van der Waals surface area contributed by atoms with Crippen molar-refractivity contribution in [2.45, 2.75) is 6.92 Å². The summed E-state index contributed by atoms with van der Waals surface area (Å²) in [6.07, 6.45) is 0. The molecule has 0 aliphatic heterocycles. The van der Waals surface area contributed by atoms with Crippen molar-refractivity contribution in [3.8, 4) is 0 Å². The van der Waals surface area contributed by atoms with E-state index in [9.17, 15) is 14.0 Å². The summed E-state index contributed by atoms with van der Waals surface area (Å²) in [6.45, 7) is 1.90. The molecule has 28 heavy (non-hydrogen) atoms. The molecule has 4 nitrogen and oxygen atoms in total. The summed E-state index contributed by atoms with van der Waals surface area (Å²) in [7, 11) is 0. The number of fused-ring (bicyclic) bond motifs is 1. The van der Waals surface area contributed by atoms with Gasteiger partial charge in [-0.2, -0.15) is 0 Å². The van der Waals surface area contributed by atoms with Crippen LogP contribution in [-0.4, -0.2) is 11.7 Å². The number of carbonyl (C=O) groups is 2. The van der Waals surface area contributed by atoms with Crippen LogP contribution in [-0.2, 0) is 0 Å². The van der Waals surface area contributed by atoms with E-state index in [4.69, 9.17) is 4.42 Å². The summed E-state index contributed by atoms with van der Waals surface area (Å²) in [5.74, 6) is -1.21. The number of carbonyl (C=O) groups excluding carboxylic acids is 2. The van der Waals surface area contributed by atoms with Crippen LogP contribution in [0.5, 0.6) is 0 Å². The van der Waals surface area contributed by atoms with Crippen molar-refractivity contribution in [2.75, 3.05) is 5.32 Å². The monoisotopic (exact) mass is 373 g/mol. The van der Waals surface area contributed by atoms with Crippen molar-refractivity contribution in [3.63, 3.8) is 0 Å². The highest BCUT2D eigenvalue weighted by Crippen LogP contribution is 2.33. The van der Waals surface area contributed by atoms with Gasteiger partial charge in [0.05, 0.1) is 5.69 Å². The van der Waals surface area contributed by atoms with Crippen LogP contribution < -0.4 is 5.32 Å². The molecule has 0 atom stereocenters. The van der Waals surface area contributed by atoms with Crippen molar-refractivity contribution in [1.29, 1.82) is 0 Å². The Morgan fingerprint density at radius 3 is 2.39 bits per heavy atom. The standard InChI is InChI=1S/C23H16FNO3/c1-14-5-4-6-16(13-14)23(27)25-20-18-7-2-3-8-19(18)28-22(20)21(26)15-9-11-17(24)12-10-15/h2-13H,1H3,(H,25,27). The molecule has 138 valence electrons. The van der Waals surface area contributed by atoms with Gasteiger partial charge in [-0.05, 0) is 55.5 Å². The van der Waals surface area contributed by atoms with E-state index in [1.165, 1.54) is 24.3 Å². The number of ketones is 1. The second-order valence-corrected chi connectivity index (χ2v) is 6.46. The number of para-hydroxylation sites is 1. The Balaban J connectivity index is 1.78. The summed E-state index contributed by atoms with van der Waals surface area (Å²) in [5, 5.41) is 3.43. The number of halogens is 1. The summed E-state index contributed by atoms with van der Waals surface area (Å²) in [5.41, 5.74) is 2.48. The molecule has 0 bridgehead atoms. The highest BCUT2D eigenvalue weighted by atomic mass is 19.1. The Hall–Kier alpha value is -3.73. The Bertz CT molecular complexity index is 1190. The molecule has 0 saturated heterocycles. The second kappa shape index (κ2) is 7.12. The number of furan rings is 1. The first kappa shape index (κ1) is 17.7. The third kappa shape index (κ3) is 3.30. The Morgan fingerprint density at radius 1 is 0.893 bits per heavy atom. The third-order valence-corrected chi connectivity index (χ3v) is 4.43. The van der Waals surface area contributed by atoms with Crippen molar-refractivity contribution >= 4 is 28.3 Å². The summed E-state index contributed by atoms with van der Waals surface area (Å²) in [6, 6.07) is 19.4. The molecule has 1 amide bonds. The molecule has 5 heteroatoms. The maximum atomic E-state index is 13.2. The van der Waals surface area contributed by atoms with E-state index >= 15 is 0 Å². The number of benzene rings is 3. The molecule has 0 spiro atoms. The lowest BCUT2D eigenvalue weighted by atomic mass is 10.1. The molecule has 4 aromatic rings. The van der Waals surface area contributed by atoms with Crippen molar-refractivity contribution in [1.82, 2.24) is 0 Å². The predicted molar refractivity (Wildman–Crippen MR) is 105 cm³/mol. The van der Waals surface area contributed by atoms with Crippen molar-refractivity contribution < 1.29 is 18.4 Å². The van der Waals surface area contributed by atoms with E-state index < -0.39 is 11.6 Å². The highest BCUT2D eigenvalue weighted by molar-refractivity contribution is 6.18. The van der Waals surface area contributed by atoms with E-state index in [2.05, 4.69) is 5.32 Å². The zero-order valence-electron chi connectivity index (χ0n) is 15.0. The Labute approximate surface area is 160 Å². The van der Waals surface area contributed by atoms with Crippen LogP contribution >= 0.6 is 0 Å². The average molecular weight is 373 g/mol. The lowest BCUT2D eigenvalue weighted by molar-refractivity contribution is 0.101. The molecule has 3 aromatic carbocycles. The van der Waals surface area contributed by atoms with Gasteiger partial charge in [0.25, 0.3) is 5.91 Å². The Kier molecular flexibility index (Phi) is 4.49. The highest BCUT2D eigenvalue weighted by Gasteiger charge is 2.23. The minimum Gasteiger partial charge on any atom is -0.450 e. The van der Waals surface area contributed by atoms with Crippen molar-refractivity contribution in [3.05, 3.63) is 101 Å². The van der Waals surface area contributed by atoms with Gasteiger partial charge in [-0.15, -0.1) is 0 Å². The van der Waals surface area contributed by atoms with E-state index in [-0.39, 0.29) is 17.2 Å². The number of nitrogens with one attached hydrogen (secondary N) is 1. The van der Waals surface area contributed by atoms with Crippen LogP contribution in [0.15, 0.2) is 77.2 Å². The summed E-state index contributed by atoms with van der Waals surface area (Å²) in [4.78, 5) is 25.7. The number of hydrogen-bond donors (Lipinski definition) is 1. The number of rotatable bonds is 4. The second-order valence-electron chi connectivity index (χ2n) is 6.46. The first-order valence-corrected chi connectivity index (χ1v) is 8.73. The molecule has 0 aliphatic carbocycles. The minimum absolute atomic E-state index is 0.00816. The fourth-order valence-corrected chi connectivity index (χ4v) is 3.03. The van der Waals surface area contributed by atoms with Crippen LogP contribution in [0.3, 0.4) is 0 Å². The SMILES string of the molecule is Cc1cccc(C(=O)Nc2c(C(=O)c3ccc(F)cc3)oc3ccccc23)c1. The number of anilines is 1. The van der Waals surface area contributed by atoms with E-state index in [1.54, 1.807) is 42.5 Å². The molecule has 1 N–H and O–H groups in total. The van der Waals surface area contributed by atoms with Gasteiger partial charge in [0.2, 0.25) is 5.78 Å². The van der Waals surface area contributed by atoms with E-state index in [1.807, 2.05) is 13.0 Å². The Morgan fingerprint density at radius 2 is 1.64 bits per heavy atom. The number of amides is 1. The van der Waals surface area contributed by atoms with Gasteiger partial charge >= 0.3 is 0 Å². The largest absolute Gasteiger partial charge is 0.450 e. The van der Waals surface area contributed by atoms with Gasteiger partial charge in [0, 0.05) is 16.5 Å². The average Bonchev–Trinajstić information content (AvgIpc) is 3.06. The van der Waals surface area contributed by atoms with Gasteiger partial charge in [-0.25, -0.2) is 4.39 Å². The van der Waals surface area contributed by atoms with Crippen LogP contribution in [0.1, 0.15) is 32.0 Å². The molecule has 0 aliphatic rings. The van der Waals surface area contributed by atoms with Crippen LogP contribution in [0.25, 0.3) is 11.0 Å². The molecule has 0 radical (unpaired) electrons. The minimum atomic E-state index is -0.436. The smallest absolute Gasteiger partial charge is 0.255 e. The molecule has 1 heterocycles. The van der Waals surface area contributed by atoms with Gasteiger partial charge < -0.3 is 9.73 Å². The normalized spacial score (nSPS) is 10.8. The zero-order chi connectivity index (χ0) is 19.7. The maximum Gasteiger partial charge on any atom is 0.255 e. The fourth-order valence-electron chi connectivity index (χ4n) is 3.03. The molecule has 1 aromatic heterocycles. The quantitative estimate of drug-likeness (QED) is 0.490. The molecular formula is C23H16FNO3. The van der Waals surface area contributed by atoms with Gasteiger partial charge in [-0.3, -0.25) is 9.59 Å². The first-order chi connectivity index (χ1) is 13.5. The van der Waals surface area contributed by atoms with Crippen LogP contribution in [0.4, 0.5) is 10.1 Å². The lowest BCUT2D eigenvalue weighted by Crippen LogP contribution is -2.14. The van der Waals surface area contributed by atoms with Crippen LogP contribution in [0.2, 0.25) is 0 Å². The van der Waals surface area contributed by atoms with E-state index in [0.717, 1.165) is 5.56 Å².